The number of unbranched alkanes of at least 4 members (excludes halogenated alkanes) is 15. The molecule has 0 heterocycles. The lowest BCUT2D eigenvalue weighted by molar-refractivity contribution is 0.530. The summed E-state index contributed by atoms with van der Waals surface area (Å²) in [5.41, 5.74) is 2.44. The number of hydrogen-bond donors (Lipinski definition) is 0. The van der Waals surface area contributed by atoms with Crippen LogP contribution < -0.4 is 4.90 Å². The first-order valence-electron chi connectivity index (χ1n) is 12.5. The molecule has 0 saturated carbocycles. The van der Waals surface area contributed by atoms with E-state index >= 15 is 0 Å². The van der Waals surface area contributed by atoms with Crippen LogP contribution in [0.3, 0.4) is 0 Å². The summed E-state index contributed by atoms with van der Waals surface area (Å²) in [5, 5.41) is 0. The van der Waals surface area contributed by atoms with Crippen molar-refractivity contribution in [1.82, 2.24) is 0 Å². The number of hydrogen-bond acceptors (Lipinski definition) is 2. The van der Waals surface area contributed by atoms with Crippen LogP contribution in [0.1, 0.15) is 115 Å². The van der Waals surface area contributed by atoms with Crippen molar-refractivity contribution in [2.45, 2.75) is 110 Å². The zero-order valence-corrected chi connectivity index (χ0v) is 19.8. The zero-order valence-electron chi connectivity index (χ0n) is 19.8. The lowest BCUT2D eigenvalue weighted by atomic mass is 10.0. The fourth-order valence-corrected chi connectivity index (χ4v) is 3.78. The standard InChI is InChI=1S/C27H48N2/c1-4-5-6-7-8-9-10-11-12-13-14-15-16-17-18-19-24-28-25-26-20-22-27(23-21-26)29(2)3/h20-23,25H,4-19,24H2,1-3H3. The van der Waals surface area contributed by atoms with Gasteiger partial charge in [0.25, 0.3) is 0 Å². The summed E-state index contributed by atoms with van der Waals surface area (Å²) in [6, 6.07) is 8.59. The molecule has 0 fully saturated rings. The molecule has 0 radical (unpaired) electrons. The van der Waals surface area contributed by atoms with Gasteiger partial charge in [0.15, 0.2) is 0 Å². The van der Waals surface area contributed by atoms with Crippen molar-refractivity contribution in [1.29, 1.82) is 0 Å². The Morgan fingerprint density at radius 2 is 1.03 bits per heavy atom. The molecule has 0 aliphatic heterocycles. The molecule has 0 aliphatic carbocycles. The van der Waals surface area contributed by atoms with E-state index in [1.807, 2.05) is 6.21 Å². The van der Waals surface area contributed by atoms with Gasteiger partial charge in [-0.2, -0.15) is 0 Å². The van der Waals surface area contributed by atoms with Crippen molar-refractivity contribution in [2.24, 2.45) is 4.99 Å². The van der Waals surface area contributed by atoms with Crippen LogP contribution in [-0.2, 0) is 0 Å². The number of nitrogens with zero attached hydrogens (tertiary/aromatic N) is 2. The van der Waals surface area contributed by atoms with E-state index in [0.29, 0.717) is 0 Å². The van der Waals surface area contributed by atoms with Crippen molar-refractivity contribution in [3.8, 4) is 0 Å². The maximum absolute atomic E-state index is 4.58. The van der Waals surface area contributed by atoms with Crippen LogP contribution in [0.25, 0.3) is 0 Å². The van der Waals surface area contributed by atoms with Gasteiger partial charge in [-0.1, -0.05) is 115 Å². The van der Waals surface area contributed by atoms with Gasteiger partial charge < -0.3 is 4.90 Å². The minimum Gasteiger partial charge on any atom is -0.378 e. The third-order valence-electron chi connectivity index (χ3n) is 5.79. The normalized spacial score (nSPS) is 11.4. The van der Waals surface area contributed by atoms with Crippen molar-refractivity contribution in [3.63, 3.8) is 0 Å². The van der Waals surface area contributed by atoms with Gasteiger partial charge in [-0.15, -0.1) is 0 Å². The Hall–Kier alpha value is -1.31. The Balaban J connectivity index is 1.82. The van der Waals surface area contributed by atoms with Crippen LogP contribution in [0.2, 0.25) is 0 Å². The van der Waals surface area contributed by atoms with Gasteiger partial charge in [-0.25, -0.2) is 0 Å². The zero-order chi connectivity index (χ0) is 21.0. The summed E-state index contributed by atoms with van der Waals surface area (Å²) in [7, 11) is 4.14. The van der Waals surface area contributed by atoms with E-state index < -0.39 is 0 Å². The summed E-state index contributed by atoms with van der Waals surface area (Å²) in [5.74, 6) is 0. The van der Waals surface area contributed by atoms with E-state index in [0.717, 1.165) is 6.54 Å². The number of aliphatic imine (C=N–C) groups is 1. The van der Waals surface area contributed by atoms with E-state index in [-0.39, 0.29) is 0 Å². The largest absolute Gasteiger partial charge is 0.378 e. The molecule has 2 nitrogen and oxygen atoms in total. The third-order valence-corrected chi connectivity index (χ3v) is 5.79. The summed E-state index contributed by atoms with van der Waals surface area (Å²) >= 11 is 0. The molecule has 166 valence electrons. The van der Waals surface area contributed by atoms with Gasteiger partial charge in [-0.3, -0.25) is 4.99 Å². The van der Waals surface area contributed by atoms with E-state index in [4.69, 9.17) is 0 Å². The first-order valence-corrected chi connectivity index (χ1v) is 12.5. The van der Waals surface area contributed by atoms with Crippen molar-refractivity contribution < 1.29 is 0 Å². The predicted molar refractivity (Wildman–Crippen MR) is 133 cm³/mol. The molecule has 0 aromatic heterocycles. The summed E-state index contributed by atoms with van der Waals surface area (Å²) in [4.78, 5) is 6.70. The van der Waals surface area contributed by atoms with Crippen LogP contribution in [-0.4, -0.2) is 26.9 Å². The number of benzene rings is 1. The third kappa shape index (κ3) is 15.2. The quantitative estimate of drug-likeness (QED) is 0.168. The minimum atomic E-state index is 0.966. The molecule has 0 saturated heterocycles. The molecule has 0 amide bonds. The SMILES string of the molecule is CCCCCCCCCCCCCCCCCCN=Cc1ccc(N(C)C)cc1. The predicted octanol–water partition coefficient (Wildman–Crippen LogP) is 8.43. The second kappa shape index (κ2) is 18.7. The maximum atomic E-state index is 4.58. The van der Waals surface area contributed by atoms with E-state index in [2.05, 4.69) is 55.2 Å². The Labute approximate surface area is 182 Å². The summed E-state index contributed by atoms with van der Waals surface area (Å²) in [6.07, 6.45) is 24.7. The lowest BCUT2D eigenvalue weighted by Gasteiger charge is -2.11. The molecule has 0 bridgehead atoms. The summed E-state index contributed by atoms with van der Waals surface area (Å²) < 4.78 is 0. The second-order valence-electron chi connectivity index (χ2n) is 8.82. The first-order chi connectivity index (χ1) is 14.2. The van der Waals surface area contributed by atoms with E-state index in [1.54, 1.807) is 0 Å². The fourth-order valence-electron chi connectivity index (χ4n) is 3.78. The molecule has 1 aromatic carbocycles. The summed E-state index contributed by atoms with van der Waals surface area (Å²) in [6.45, 7) is 3.26. The Morgan fingerprint density at radius 1 is 0.621 bits per heavy atom. The highest BCUT2D eigenvalue weighted by Crippen LogP contribution is 2.14. The highest BCUT2D eigenvalue weighted by molar-refractivity contribution is 5.80. The average Bonchev–Trinajstić information content (AvgIpc) is 2.73. The van der Waals surface area contributed by atoms with E-state index in [1.165, 1.54) is 114 Å². The molecule has 1 aromatic rings. The monoisotopic (exact) mass is 400 g/mol. The Kier molecular flexibility index (Phi) is 16.6. The van der Waals surface area contributed by atoms with Gasteiger partial charge in [0.05, 0.1) is 0 Å². The smallest absolute Gasteiger partial charge is 0.0389 e. The number of anilines is 1. The van der Waals surface area contributed by atoms with Crippen LogP contribution in [0.4, 0.5) is 5.69 Å². The van der Waals surface area contributed by atoms with Gasteiger partial charge >= 0.3 is 0 Å². The lowest BCUT2D eigenvalue weighted by Crippen LogP contribution is -2.08. The van der Waals surface area contributed by atoms with Gasteiger partial charge in [0.2, 0.25) is 0 Å². The van der Waals surface area contributed by atoms with Gasteiger partial charge in [0, 0.05) is 32.5 Å². The Bertz CT molecular complexity index is 490. The molecule has 0 unspecified atom stereocenters. The molecule has 0 N–H and O–H groups in total. The van der Waals surface area contributed by atoms with Gasteiger partial charge in [-0.05, 0) is 24.1 Å². The molecular formula is C27H48N2. The minimum absolute atomic E-state index is 0.966. The molecule has 1 rings (SSSR count). The van der Waals surface area contributed by atoms with Crippen molar-refractivity contribution >= 4 is 11.9 Å². The van der Waals surface area contributed by atoms with Crippen LogP contribution in [0.15, 0.2) is 29.3 Å². The van der Waals surface area contributed by atoms with Crippen molar-refractivity contribution in [3.05, 3.63) is 29.8 Å². The van der Waals surface area contributed by atoms with Crippen molar-refractivity contribution in [2.75, 3.05) is 25.5 Å². The van der Waals surface area contributed by atoms with Crippen LogP contribution >= 0.6 is 0 Å². The Morgan fingerprint density at radius 3 is 1.45 bits per heavy atom. The van der Waals surface area contributed by atoms with E-state index in [9.17, 15) is 0 Å². The van der Waals surface area contributed by atoms with Crippen LogP contribution in [0, 0.1) is 0 Å². The maximum Gasteiger partial charge on any atom is 0.0389 e. The molecule has 0 aliphatic rings. The van der Waals surface area contributed by atoms with Crippen LogP contribution in [0.5, 0.6) is 0 Å². The molecular weight excluding hydrogens is 352 g/mol. The second-order valence-corrected chi connectivity index (χ2v) is 8.82. The molecule has 0 atom stereocenters. The highest BCUT2D eigenvalue weighted by atomic mass is 15.1. The molecule has 2 heteroatoms. The average molecular weight is 401 g/mol. The number of rotatable bonds is 19. The fraction of sp³-hybridized carbons (Fsp3) is 0.741. The molecule has 29 heavy (non-hydrogen) atoms. The first kappa shape index (κ1) is 25.7. The topological polar surface area (TPSA) is 15.6 Å². The highest BCUT2D eigenvalue weighted by Gasteiger charge is 1.95. The molecule has 0 spiro atoms. The van der Waals surface area contributed by atoms with Gasteiger partial charge in [0.1, 0.15) is 0 Å².